The van der Waals surface area contributed by atoms with E-state index in [0.29, 0.717) is 11.4 Å². The van der Waals surface area contributed by atoms with Gasteiger partial charge < -0.3 is 14.6 Å². The second kappa shape index (κ2) is 8.69. The Balaban J connectivity index is 1.42. The molecule has 0 aromatic heterocycles. The van der Waals surface area contributed by atoms with Gasteiger partial charge in [0.1, 0.15) is 12.4 Å². The Morgan fingerprint density at radius 2 is 1.47 bits per heavy atom. The highest BCUT2D eigenvalue weighted by molar-refractivity contribution is 5.87. The molecular weight excluding hydrogens is 382 g/mol. The predicted molar refractivity (Wildman–Crippen MR) is 113 cm³/mol. The van der Waals surface area contributed by atoms with E-state index in [1.807, 2.05) is 24.3 Å². The molecular formula is C24H21NO5. The summed E-state index contributed by atoms with van der Waals surface area (Å²) in [6, 6.07) is 23.1. The van der Waals surface area contributed by atoms with Gasteiger partial charge in [-0.2, -0.15) is 0 Å². The SMILES string of the molecule is O=C(O)CCOc1ccccc1NC(=O)OCC1c2ccccc2-c2ccccc21. The van der Waals surface area contributed by atoms with Crippen LogP contribution in [0.3, 0.4) is 0 Å². The van der Waals surface area contributed by atoms with Crippen molar-refractivity contribution in [2.75, 3.05) is 18.5 Å². The predicted octanol–water partition coefficient (Wildman–Crippen LogP) is 4.90. The molecule has 0 aliphatic heterocycles. The lowest BCUT2D eigenvalue weighted by atomic mass is 9.98. The molecule has 30 heavy (non-hydrogen) atoms. The summed E-state index contributed by atoms with van der Waals surface area (Å²) < 4.78 is 11.0. The average molecular weight is 403 g/mol. The van der Waals surface area contributed by atoms with Crippen LogP contribution in [0.25, 0.3) is 11.1 Å². The molecule has 152 valence electrons. The molecule has 0 heterocycles. The van der Waals surface area contributed by atoms with Crippen LogP contribution >= 0.6 is 0 Å². The van der Waals surface area contributed by atoms with Crippen LogP contribution in [0.4, 0.5) is 10.5 Å². The van der Waals surface area contributed by atoms with Crippen molar-refractivity contribution in [1.29, 1.82) is 0 Å². The average Bonchev–Trinajstić information content (AvgIpc) is 3.07. The second-order valence-corrected chi connectivity index (χ2v) is 6.94. The number of hydrogen-bond donors (Lipinski definition) is 2. The molecule has 0 fully saturated rings. The number of benzene rings is 3. The maximum atomic E-state index is 12.4. The first kappa shape index (κ1) is 19.5. The Morgan fingerprint density at radius 1 is 0.867 bits per heavy atom. The van der Waals surface area contributed by atoms with Gasteiger partial charge in [0.25, 0.3) is 0 Å². The zero-order valence-electron chi connectivity index (χ0n) is 16.2. The maximum absolute atomic E-state index is 12.4. The highest BCUT2D eigenvalue weighted by atomic mass is 16.5. The first-order chi connectivity index (χ1) is 14.6. The van der Waals surface area contributed by atoms with Gasteiger partial charge in [-0.1, -0.05) is 60.7 Å². The Kier molecular flexibility index (Phi) is 5.66. The number of aliphatic carboxylic acids is 1. The largest absolute Gasteiger partial charge is 0.491 e. The van der Waals surface area contributed by atoms with E-state index in [1.54, 1.807) is 24.3 Å². The minimum Gasteiger partial charge on any atom is -0.491 e. The standard InChI is InChI=1S/C24H21NO5/c26-23(27)13-14-29-22-12-6-5-11-21(22)25-24(28)30-15-20-18-9-3-1-7-16(18)17-8-2-4-10-19(17)20/h1-12,20H,13-15H2,(H,25,28)(H,26,27). The summed E-state index contributed by atoms with van der Waals surface area (Å²) in [6.07, 6.45) is -0.717. The third-order valence-corrected chi connectivity index (χ3v) is 5.04. The third kappa shape index (κ3) is 4.12. The molecule has 0 spiro atoms. The van der Waals surface area contributed by atoms with E-state index in [0.717, 1.165) is 11.1 Å². The van der Waals surface area contributed by atoms with E-state index in [4.69, 9.17) is 14.6 Å². The Morgan fingerprint density at radius 3 is 2.13 bits per heavy atom. The number of rotatable bonds is 7. The second-order valence-electron chi connectivity index (χ2n) is 6.94. The summed E-state index contributed by atoms with van der Waals surface area (Å²) in [4.78, 5) is 23.1. The van der Waals surface area contributed by atoms with Crippen LogP contribution < -0.4 is 10.1 Å². The van der Waals surface area contributed by atoms with Gasteiger partial charge in [0, 0.05) is 5.92 Å². The van der Waals surface area contributed by atoms with Crippen LogP contribution in [0.2, 0.25) is 0 Å². The van der Waals surface area contributed by atoms with E-state index in [9.17, 15) is 9.59 Å². The van der Waals surface area contributed by atoms with Gasteiger partial charge >= 0.3 is 12.1 Å². The molecule has 1 amide bonds. The number of carbonyl (C=O) groups is 2. The van der Waals surface area contributed by atoms with Gasteiger partial charge in [0.05, 0.1) is 18.7 Å². The van der Waals surface area contributed by atoms with E-state index < -0.39 is 12.1 Å². The molecule has 6 nitrogen and oxygen atoms in total. The summed E-state index contributed by atoms with van der Waals surface area (Å²) in [5, 5.41) is 11.4. The number of para-hydroxylation sites is 2. The van der Waals surface area contributed by atoms with E-state index in [2.05, 4.69) is 29.6 Å². The quantitative estimate of drug-likeness (QED) is 0.586. The maximum Gasteiger partial charge on any atom is 0.411 e. The molecule has 0 bridgehead atoms. The third-order valence-electron chi connectivity index (χ3n) is 5.04. The van der Waals surface area contributed by atoms with Gasteiger partial charge in [-0.05, 0) is 34.4 Å². The minimum atomic E-state index is -0.947. The number of hydrogen-bond acceptors (Lipinski definition) is 4. The topological polar surface area (TPSA) is 84.9 Å². The van der Waals surface area contributed by atoms with Gasteiger partial charge in [-0.3, -0.25) is 10.1 Å². The normalized spacial score (nSPS) is 12.0. The van der Waals surface area contributed by atoms with Gasteiger partial charge in [-0.15, -0.1) is 0 Å². The summed E-state index contributed by atoms with van der Waals surface area (Å²) >= 11 is 0. The zero-order chi connectivity index (χ0) is 20.9. The van der Waals surface area contributed by atoms with E-state index >= 15 is 0 Å². The number of anilines is 1. The van der Waals surface area contributed by atoms with Crippen molar-refractivity contribution in [2.45, 2.75) is 12.3 Å². The van der Waals surface area contributed by atoms with E-state index in [1.165, 1.54) is 11.1 Å². The molecule has 0 saturated heterocycles. The molecule has 6 heteroatoms. The fraction of sp³-hybridized carbons (Fsp3) is 0.167. The lowest BCUT2D eigenvalue weighted by Gasteiger charge is -2.16. The molecule has 0 unspecified atom stereocenters. The van der Waals surface area contributed by atoms with Crippen LogP contribution in [0.5, 0.6) is 5.75 Å². The number of carboxylic acid groups (broad SMARTS) is 1. The van der Waals surface area contributed by atoms with Crippen LogP contribution in [-0.4, -0.2) is 30.4 Å². The van der Waals surface area contributed by atoms with Crippen molar-refractivity contribution >= 4 is 17.7 Å². The first-order valence-corrected chi connectivity index (χ1v) is 9.69. The highest BCUT2D eigenvalue weighted by Crippen LogP contribution is 2.44. The zero-order valence-corrected chi connectivity index (χ0v) is 16.2. The van der Waals surface area contributed by atoms with Crippen LogP contribution in [-0.2, 0) is 9.53 Å². The monoisotopic (exact) mass is 403 g/mol. The van der Waals surface area contributed by atoms with Gasteiger partial charge in [0.2, 0.25) is 0 Å². The molecule has 3 aromatic rings. The van der Waals surface area contributed by atoms with Crippen molar-refractivity contribution in [2.24, 2.45) is 0 Å². The Labute approximate surface area is 174 Å². The smallest absolute Gasteiger partial charge is 0.411 e. The fourth-order valence-corrected chi connectivity index (χ4v) is 3.69. The lowest BCUT2D eigenvalue weighted by molar-refractivity contribution is -0.137. The van der Waals surface area contributed by atoms with Crippen LogP contribution in [0, 0.1) is 0 Å². The Hall–Kier alpha value is -3.80. The molecule has 4 rings (SSSR count). The molecule has 0 saturated carbocycles. The summed E-state index contributed by atoms with van der Waals surface area (Å²) in [7, 11) is 0. The van der Waals surface area contributed by atoms with Crippen LogP contribution in [0.15, 0.2) is 72.8 Å². The number of fused-ring (bicyclic) bond motifs is 3. The summed E-state index contributed by atoms with van der Waals surface area (Å²) in [5.41, 5.74) is 5.05. The number of nitrogens with one attached hydrogen (secondary N) is 1. The van der Waals surface area contributed by atoms with Crippen molar-refractivity contribution < 1.29 is 24.2 Å². The number of carbonyl (C=O) groups excluding carboxylic acids is 1. The Bertz CT molecular complexity index is 1030. The molecule has 1 aliphatic carbocycles. The van der Waals surface area contributed by atoms with Crippen molar-refractivity contribution in [3.63, 3.8) is 0 Å². The number of carboxylic acids is 1. The molecule has 0 atom stereocenters. The summed E-state index contributed by atoms with van der Waals surface area (Å²) in [5.74, 6) is -0.575. The van der Waals surface area contributed by atoms with Crippen LogP contribution in [0.1, 0.15) is 23.5 Å². The minimum absolute atomic E-state index is 0.0126. The molecule has 2 N–H and O–H groups in total. The fourth-order valence-electron chi connectivity index (χ4n) is 3.69. The number of amides is 1. The van der Waals surface area contributed by atoms with E-state index in [-0.39, 0.29) is 25.6 Å². The van der Waals surface area contributed by atoms with Crippen molar-refractivity contribution in [3.8, 4) is 16.9 Å². The van der Waals surface area contributed by atoms with Gasteiger partial charge in [-0.25, -0.2) is 4.79 Å². The summed E-state index contributed by atoms with van der Waals surface area (Å²) in [6.45, 7) is 0.223. The van der Waals surface area contributed by atoms with Crippen molar-refractivity contribution in [3.05, 3.63) is 83.9 Å². The highest BCUT2D eigenvalue weighted by Gasteiger charge is 2.29. The number of ether oxygens (including phenoxy) is 2. The van der Waals surface area contributed by atoms with Gasteiger partial charge in [0.15, 0.2) is 0 Å². The molecule has 0 radical (unpaired) electrons. The van der Waals surface area contributed by atoms with Crippen molar-refractivity contribution in [1.82, 2.24) is 0 Å². The molecule has 1 aliphatic rings. The lowest BCUT2D eigenvalue weighted by Crippen LogP contribution is -2.18. The molecule has 3 aromatic carbocycles. The first-order valence-electron chi connectivity index (χ1n) is 9.69.